The molecular weight excluding hydrogens is 709 g/mol. The molecule has 1 aliphatic carbocycles. The van der Waals surface area contributed by atoms with E-state index in [1.165, 1.54) is 19.3 Å². The lowest BCUT2D eigenvalue weighted by atomic mass is 9.75. The number of fused-ring (bicyclic) bond motifs is 1. The lowest BCUT2D eigenvalue weighted by Crippen LogP contribution is -2.61. The van der Waals surface area contributed by atoms with Crippen molar-refractivity contribution in [2.24, 2.45) is 5.92 Å². The van der Waals surface area contributed by atoms with Gasteiger partial charge in [-0.1, -0.05) is 73.5 Å². The van der Waals surface area contributed by atoms with Crippen LogP contribution >= 0.6 is 0 Å². The second-order valence-corrected chi connectivity index (χ2v) is 16.8. The van der Waals surface area contributed by atoms with Gasteiger partial charge < -0.3 is 25.2 Å². The minimum atomic E-state index is -0.643. The number of carbonyl (C=O) groups excluding carboxylic acids is 3. The van der Waals surface area contributed by atoms with Crippen molar-refractivity contribution >= 4 is 17.7 Å². The molecule has 11 nitrogen and oxygen atoms in total. The number of benzene rings is 3. The first-order valence-electron chi connectivity index (χ1n) is 20.5. The highest BCUT2D eigenvalue weighted by molar-refractivity contribution is 5.82. The summed E-state index contributed by atoms with van der Waals surface area (Å²) < 4.78 is 13.7. The van der Waals surface area contributed by atoms with Gasteiger partial charge in [0.15, 0.2) is 6.29 Å². The second-order valence-electron chi connectivity index (χ2n) is 16.8. The van der Waals surface area contributed by atoms with Gasteiger partial charge in [0, 0.05) is 49.5 Å². The molecule has 0 aromatic heterocycles. The number of hydrogen-bond donors (Lipinski definition) is 5. The van der Waals surface area contributed by atoms with E-state index in [1.54, 1.807) is 5.48 Å². The van der Waals surface area contributed by atoms with Crippen molar-refractivity contribution in [2.45, 2.75) is 141 Å². The zero-order chi connectivity index (χ0) is 39.7. The Morgan fingerprint density at radius 2 is 1.52 bits per heavy atom. The molecule has 3 amide bonds. The van der Waals surface area contributed by atoms with Gasteiger partial charge in [-0.15, -0.1) is 0 Å². The molecule has 1 saturated carbocycles. The minimum absolute atomic E-state index is 0.0244. The Balaban J connectivity index is 1.20. The number of nitrogens with zero attached hydrogens (tertiary/aromatic N) is 1. The molecule has 3 aliphatic rings. The largest absolute Gasteiger partial charge is 0.392 e. The maximum Gasteiger partial charge on any atom is 0.243 e. The van der Waals surface area contributed by atoms with E-state index in [9.17, 15) is 19.5 Å². The van der Waals surface area contributed by atoms with Gasteiger partial charge in [0.25, 0.3) is 0 Å². The molecule has 2 heterocycles. The summed E-state index contributed by atoms with van der Waals surface area (Å²) in [5, 5.41) is 24.6. The van der Waals surface area contributed by atoms with Crippen molar-refractivity contribution in [2.75, 3.05) is 6.54 Å². The Labute approximate surface area is 331 Å². The van der Waals surface area contributed by atoms with Crippen molar-refractivity contribution in [3.63, 3.8) is 0 Å². The van der Waals surface area contributed by atoms with Crippen LogP contribution in [0.15, 0.2) is 72.8 Å². The number of nitrogens with one attached hydrogen (secondary N) is 3. The highest BCUT2D eigenvalue weighted by Crippen LogP contribution is 2.42. The van der Waals surface area contributed by atoms with E-state index >= 15 is 0 Å². The van der Waals surface area contributed by atoms with E-state index in [-0.39, 0.29) is 48.6 Å². The smallest absolute Gasteiger partial charge is 0.243 e. The molecule has 3 aromatic carbocycles. The van der Waals surface area contributed by atoms with E-state index in [0.717, 1.165) is 52.6 Å². The molecule has 5 N–H and O–H groups in total. The fraction of sp³-hybridized carbons (Fsp3) is 0.533. The Bertz CT molecular complexity index is 1780. The zero-order valence-corrected chi connectivity index (χ0v) is 33.2. The Hall–Kier alpha value is -4.13. The summed E-state index contributed by atoms with van der Waals surface area (Å²) in [6.45, 7) is 7.11. The Morgan fingerprint density at radius 3 is 2.25 bits per heavy atom. The summed E-state index contributed by atoms with van der Waals surface area (Å²) in [6, 6.07) is 24.4. The number of hydroxylamine groups is 1. The van der Waals surface area contributed by atoms with Crippen molar-refractivity contribution in [3.8, 4) is 11.1 Å². The zero-order valence-electron chi connectivity index (χ0n) is 33.2. The van der Waals surface area contributed by atoms with Crippen LogP contribution in [0.2, 0.25) is 0 Å². The number of amides is 3. The summed E-state index contributed by atoms with van der Waals surface area (Å²) in [4.78, 5) is 40.0. The van der Waals surface area contributed by atoms with Gasteiger partial charge in [0.2, 0.25) is 17.7 Å². The third-order valence-electron chi connectivity index (χ3n) is 11.4. The predicted molar refractivity (Wildman–Crippen MR) is 214 cm³/mol. The maximum absolute atomic E-state index is 13.8. The van der Waals surface area contributed by atoms with Crippen LogP contribution in [0, 0.1) is 5.92 Å². The molecule has 0 bridgehead atoms. The number of unbranched alkanes of at least 4 members (excludes halogenated alkanes) is 1. The maximum atomic E-state index is 13.8. The van der Waals surface area contributed by atoms with Crippen molar-refractivity contribution in [3.05, 3.63) is 95.1 Å². The van der Waals surface area contributed by atoms with Crippen LogP contribution in [-0.2, 0) is 37.0 Å². The van der Waals surface area contributed by atoms with Gasteiger partial charge >= 0.3 is 0 Å². The third kappa shape index (κ3) is 11.3. The average Bonchev–Trinajstić information content (AvgIpc) is 3.21. The van der Waals surface area contributed by atoms with Crippen LogP contribution in [0.4, 0.5) is 0 Å². The van der Waals surface area contributed by atoms with Gasteiger partial charge in [0.05, 0.1) is 24.9 Å². The first kappa shape index (κ1) is 41.5. The van der Waals surface area contributed by atoms with E-state index in [2.05, 4.69) is 33.7 Å². The number of ether oxygens (including phenoxy) is 2. The lowest BCUT2D eigenvalue weighted by molar-refractivity contribution is -0.255. The minimum Gasteiger partial charge on any atom is -0.392 e. The molecule has 56 heavy (non-hydrogen) atoms. The van der Waals surface area contributed by atoms with Gasteiger partial charge in [-0.05, 0) is 105 Å². The molecule has 0 radical (unpaired) electrons. The summed E-state index contributed by atoms with van der Waals surface area (Å²) in [7, 11) is 0. The quantitative estimate of drug-likeness (QED) is 0.0669. The van der Waals surface area contributed by atoms with E-state index < -0.39 is 12.2 Å². The predicted octanol–water partition coefficient (Wildman–Crippen LogP) is 7.01. The number of aliphatic hydroxyl groups is 1. The van der Waals surface area contributed by atoms with Crippen LogP contribution in [-0.4, -0.2) is 63.2 Å². The first-order chi connectivity index (χ1) is 27.0. The monoisotopic (exact) mass is 768 g/mol. The molecule has 3 aromatic rings. The van der Waals surface area contributed by atoms with Gasteiger partial charge in [-0.3, -0.25) is 24.5 Å². The number of likely N-dealkylation sites (tertiary alicyclic amines) is 1. The van der Waals surface area contributed by atoms with Crippen molar-refractivity contribution in [1.82, 2.24) is 21.0 Å². The number of hydrogen-bond acceptors (Lipinski definition) is 8. The highest BCUT2D eigenvalue weighted by Gasteiger charge is 2.44. The summed E-state index contributed by atoms with van der Waals surface area (Å²) >= 11 is 0. The SMILES string of the molecule is CC(C)(C)NC(=O)[C@H]1CC[C@H]2CCCC[C@H]2N1C[C@@H]1C[C@H](c2ccc(CO)cc2)O[C@H](c2cccc(-c3cccc(CNC(=O)CCCCC(=O)NO)c3)c2)O1. The molecule has 0 unspecified atom stereocenters. The fourth-order valence-electron chi connectivity index (χ4n) is 8.64. The van der Waals surface area contributed by atoms with Gasteiger partial charge in [-0.2, -0.15) is 0 Å². The molecule has 11 heteroatoms. The normalized spacial score (nSPS) is 24.2. The van der Waals surface area contributed by atoms with Crippen LogP contribution in [0.1, 0.15) is 126 Å². The number of carbonyl (C=O) groups is 3. The van der Waals surface area contributed by atoms with E-state index in [0.29, 0.717) is 50.7 Å². The third-order valence-corrected chi connectivity index (χ3v) is 11.4. The summed E-state index contributed by atoms with van der Waals surface area (Å²) in [5.41, 5.74) is 7.02. The van der Waals surface area contributed by atoms with Crippen LogP contribution < -0.4 is 16.1 Å². The van der Waals surface area contributed by atoms with Crippen molar-refractivity contribution < 1.29 is 34.2 Å². The second kappa shape index (κ2) is 19.3. The average molecular weight is 769 g/mol. The highest BCUT2D eigenvalue weighted by atomic mass is 16.7. The van der Waals surface area contributed by atoms with Crippen molar-refractivity contribution in [1.29, 1.82) is 0 Å². The van der Waals surface area contributed by atoms with Crippen LogP contribution in [0.5, 0.6) is 0 Å². The Morgan fingerprint density at radius 1 is 0.804 bits per heavy atom. The topological polar surface area (TPSA) is 149 Å². The van der Waals surface area contributed by atoms with E-state index in [4.69, 9.17) is 14.7 Å². The molecule has 6 atom stereocenters. The van der Waals surface area contributed by atoms with E-state index in [1.807, 2.05) is 75.4 Å². The van der Waals surface area contributed by atoms with Crippen LogP contribution in [0.3, 0.4) is 0 Å². The number of aliphatic hydroxyl groups excluding tert-OH is 1. The molecule has 0 spiro atoms. The molecule has 2 saturated heterocycles. The Kier molecular flexibility index (Phi) is 14.3. The van der Waals surface area contributed by atoms with Gasteiger partial charge in [-0.25, -0.2) is 5.48 Å². The number of rotatable bonds is 14. The summed E-state index contributed by atoms with van der Waals surface area (Å²) in [6.07, 6.45) is 7.77. The lowest BCUT2D eigenvalue weighted by Gasteiger charge is -2.50. The molecule has 302 valence electrons. The van der Waals surface area contributed by atoms with Crippen LogP contribution in [0.25, 0.3) is 11.1 Å². The number of piperidine rings is 1. The molecule has 2 aliphatic heterocycles. The standard InChI is InChI=1S/C45H60N4O7/c1-45(2,3)47-43(53)39-23-22-32-11-4-5-15-38(32)49(39)28-37-26-40(33-20-18-30(29-50)19-21-33)56-44(55-37)36-14-9-13-35(25-36)34-12-8-10-31(24-34)27-46-41(51)16-6-7-17-42(52)48-54/h8-10,12-14,18-21,24-25,32,37-40,44,50,54H,4-7,11,15-17,22-23,26-29H2,1-3H3,(H,46,51)(H,47,53)(H,48,52)/t32-,37+,38-,39-,40-,44-/m1/s1. The summed E-state index contributed by atoms with van der Waals surface area (Å²) in [5.74, 6) is 0.146. The molecular formula is C45H60N4O7. The fourth-order valence-corrected chi connectivity index (χ4v) is 8.64. The molecule has 3 fully saturated rings. The van der Waals surface area contributed by atoms with Gasteiger partial charge in [0.1, 0.15) is 0 Å². The first-order valence-corrected chi connectivity index (χ1v) is 20.5. The molecule has 6 rings (SSSR count).